The molecule has 0 fully saturated rings. The fraction of sp³-hybridized carbons (Fsp3) is 0.188. The second-order valence-electron chi connectivity index (χ2n) is 4.99. The highest BCUT2D eigenvalue weighted by Gasteiger charge is 2.34. The highest BCUT2D eigenvalue weighted by molar-refractivity contribution is 6.96. The average molecular weight is 300 g/mol. The van der Waals surface area contributed by atoms with Crippen LogP contribution in [0, 0.1) is 0 Å². The summed E-state index contributed by atoms with van der Waals surface area (Å²) in [4.78, 5) is 22.0. The molecule has 0 heterocycles. The number of benzene rings is 2. The van der Waals surface area contributed by atoms with Gasteiger partial charge in [-0.1, -0.05) is 60.7 Å². The first kappa shape index (κ1) is 15.3. The number of carbonyl (C=O) groups excluding carboxylic acids is 1. The summed E-state index contributed by atoms with van der Waals surface area (Å²) in [6.07, 6.45) is 0.690. The fourth-order valence-electron chi connectivity index (χ4n) is 2.44. The normalized spacial score (nSPS) is 11.1. The molecule has 0 bridgehead atoms. The van der Waals surface area contributed by atoms with Crippen LogP contribution in [0.5, 0.6) is 0 Å². The number of nitrogens with two attached hydrogens (primary N) is 1. The monoisotopic (exact) mass is 300 g/mol. The van der Waals surface area contributed by atoms with E-state index >= 15 is 0 Å². The maximum atomic E-state index is 11.3. The molecule has 0 aliphatic rings. The van der Waals surface area contributed by atoms with Crippen LogP contribution in [0.1, 0.15) is 6.42 Å². The summed E-state index contributed by atoms with van der Waals surface area (Å²) in [5, 5.41) is 4.53. The number of primary amides is 1. The zero-order chi connectivity index (χ0) is 15.1. The van der Waals surface area contributed by atoms with E-state index < -0.39 is 14.3 Å². The van der Waals surface area contributed by atoms with Gasteiger partial charge in [-0.25, -0.2) is 4.79 Å². The van der Waals surface area contributed by atoms with Crippen LogP contribution in [0.3, 0.4) is 0 Å². The minimum Gasteiger partial charge on any atom is -0.424 e. The maximum Gasteiger partial charge on any atom is 0.312 e. The van der Waals surface area contributed by atoms with Crippen molar-refractivity contribution in [2.75, 3.05) is 6.54 Å². The molecular weight excluding hydrogens is 280 g/mol. The van der Waals surface area contributed by atoms with Crippen molar-refractivity contribution in [3.63, 3.8) is 0 Å². The molecule has 0 aliphatic heterocycles. The third-order valence-corrected chi connectivity index (χ3v) is 7.17. The van der Waals surface area contributed by atoms with Gasteiger partial charge >= 0.3 is 6.03 Å². The minimum absolute atomic E-state index is 0.476. The van der Waals surface area contributed by atoms with Gasteiger partial charge < -0.3 is 15.8 Å². The van der Waals surface area contributed by atoms with Gasteiger partial charge in [-0.2, -0.15) is 0 Å². The van der Waals surface area contributed by atoms with Crippen molar-refractivity contribution in [1.82, 2.24) is 5.32 Å². The lowest BCUT2D eigenvalue weighted by Gasteiger charge is -2.26. The number of urea groups is 1. The van der Waals surface area contributed by atoms with Crippen molar-refractivity contribution >= 4 is 24.7 Å². The number of carbonyl (C=O) groups is 1. The lowest BCUT2D eigenvalue weighted by Crippen LogP contribution is -2.58. The summed E-state index contributed by atoms with van der Waals surface area (Å²) >= 11 is 0. The van der Waals surface area contributed by atoms with E-state index in [0.29, 0.717) is 19.0 Å². The number of rotatable bonds is 6. The van der Waals surface area contributed by atoms with Gasteiger partial charge in [-0.05, 0) is 22.8 Å². The van der Waals surface area contributed by atoms with E-state index in [0.717, 1.165) is 10.4 Å². The van der Waals surface area contributed by atoms with Crippen LogP contribution in [0.2, 0.25) is 6.04 Å². The van der Waals surface area contributed by atoms with Crippen molar-refractivity contribution in [3.05, 3.63) is 60.7 Å². The van der Waals surface area contributed by atoms with Gasteiger partial charge in [0.15, 0.2) is 0 Å². The molecule has 2 amide bonds. The molecular formula is C16H20N2O2Si. The Morgan fingerprint density at radius 3 is 1.90 bits per heavy atom. The predicted molar refractivity (Wildman–Crippen MR) is 87.1 cm³/mol. The summed E-state index contributed by atoms with van der Waals surface area (Å²) in [5.74, 6) is 0. The van der Waals surface area contributed by atoms with E-state index in [-0.39, 0.29) is 0 Å². The Labute approximate surface area is 125 Å². The Morgan fingerprint density at radius 2 is 1.48 bits per heavy atom. The van der Waals surface area contributed by atoms with E-state index in [1.165, 1.54) is 0 Å². The Kier molecular flexibility index (Phi) is 5.13. The topological polar surface area (TPSA) is 75.4 Å². The molecule has 5 heteroatoms. The molecule has 0 unspecified atom stereocenters. The van der Waals surface area contributed by atoms with Crippen LogP contribution >= 0.6 is 0 Å². The van der Waals surface area contributed by atoms with Gasteiger partial charge in [-0.15, -0.1) is 0 Å². The van der Waals surface area contributed by atoms with Gasteiger partial charge in [0.1, 0.15) is 0 Å². The molecule has 2 aromatic rings. The maximum absolute atomic E-state index is 11.3. The van der Waals surface area contributed by atoms with Crippen molar-refractivity contribution in [1.29, 1.82) is 0 Å². The molecule has 4 nitrogen and oxygen atoms in total. The molecule has 0 radical (unpaired) electrons. The van der Waals surface area contributed by atoms with Gasteiger partial charge in [0.2, 0.25) is 0 Å². The summed E-state index contributed by atoms with van der Waals surface area (Å²) in [5.41, 5.74) is 5.06. The Bertz CT molecular complexity index is 536. The molecule has 2 aromatic carbocycles. The molecule has 0 atom stereocenters. The molecule has 110 valence electrons. The molecule has 4 N–H and O–H groups in total. The number of amides is 2. The molecule has 21 heavy (non-hydrogen) atoms. The van der Waals surface area contributed by atoms with E-state index in [2.05, 4.69) is 5.32 Å². The largest absolute Gasteiger partial charge is 0.424 e. The van der Waals surface area contributed by atoms with E-state index in [9.17, 15) is 9.59 Å². The molecule has 2 rings (SSSR count). The van der Waals surface area contributed by atoms with Gasteiger partial charge in [0, 0.05) is 6.54 Å². The fourth-order valence-corrected chi connectivity index (χ4v) is 5.53. The van der Waals surface area contributed by atoms with Crippen LogP contribution in [0.4, 0.5) is 4.79 Å². The third kappa shape index (κ3) is 3.93. The Balaban J connectivity index is 2.21. The van der Waals surface area contributed by atoms with E-state index in [1.807, 2.05) is 60.7 Å². The number of nitrogens with one attached hydrogen (secondary N) is 1. The molecule has 0 spiro atoms. The van der Waals surface area contributed by atoms with Crippen LogP contribution in [-0.4, -0.2) is 25.7 Å². The lowest BCUT2D eigenvalue weighted by molar-refractivity contribution is 0.249. The van der Waals surface area contributed by atoms with Crippen LogP contribution < -0.4 is 21.4 Å². The zero-order valence-electron chi connectivity index (χ0n) is 11.8. The molecule has 0 aliphatic carbocycles. The lowest BCUT2D eigenvalue weighted by atomic mass is 10.4. The second-order valence-corrected chi connectivity index (χ2v) is 8.36. The minimum atomic E-state index is -2.77. The van der Waals surface area contributed by atoms with Gasteiger partial charge in [-0.3, -0.25) is 0 Å². The van der Waals surface area contributed by atoms with Gasteiger partial charge in [0.25, 0.3) is 8.32 Å². The first-order valence-corrected chi connectivity index (χ1v) is 9.15. The molecule has 0 saturated carbocycles. The first-order valence-electron chi connectivity index (χ1n) is 6.99. The molecule has 0 saturated heterocycles. The van der Waals surface area contributed by atoms with Crippen molar-refractivity contribution in [2.45, 2.75) is 12.5 Å². The SMILES string of the molecule is NC(=O)NCCC[Si](O)(c1ccccc1)c1ccccc1. The average Bonchev–Trinajstić information content (AvgIpc) is 2.53. The van der Waals surface area contributed by atoms with Crippen molar-refractivity contribution in [3.8, 4) is 0 Å². The summed E-state index contributed by atoms with van der Waals surface area (Å²) in [6.45, 7) is 0.476. The van der Waals surface area contributed by atoms with Crippen molar-refractivity contribution in [2.24, 2.45) is 5.73 Å². The molecule has 0 aromatic heterocycles. The van der Waals surface area contributed by atoms with Crippen LogP contribution in [0.25, 0.3) is 0 Å². The Morgan fingerprint density at radius 1 is 1.00 bits per heavy atom. The van der Waals surface area contributed by atoms with Crippen molar-refractivity contribution < 1.29 is 9.59 Å². The summed E-state index contributed by atoms with van der Waals surface area (Å²) in [6, 6.07) is 19.7. The third-order valence-electron chi connectivity index (χ3n) is 3.52. The quantitative estimate of drug-likeness (QED) is 0.545. The van der Waals surface area contributed by atoms with E-state index in [1.54, 1.807) is 0 Å². The number of hydrogen-bond acceptors (Lipinski definition) is 2. The standard InChI is InChI=1S/C16H20N2O2Si/c17-16(19)18-12-7-13-21(20,14-8-3-1-4-9-14)15-10-5-2-6-11-15/h1-6,8-11,20H,7,12-13H2,(H3,17,18,19). The second kappa shape index (κ2) is 7.06. The van der Waals surface area contributed by atoms with Crippen LogP contribution in [-0.2, 0) is 0 Å². The first-order chi connectivity index (χ1) is 10.1. The summed E-state index contributed by atoms with van der Waals surface area (Å²) < 4.78 is 0. The highest BCUT2D eigenvalue weighted by Crippen LogP contribution is 2.10. The highest BCUT2D eigenvalue weighted by atomic mass is 28.4. The van der Waals surface area contributed by atoms with Crippen LogP contribution in [0.15, 0.2) is 60.7 Å². The predicted octanol–water partition coefficient (Wildman–Crippen LogP) is 0.797. The Hall–Kier alpha value is -2.11. The zero-order valence-corrected chi connectivity index (χ0v) is 12.8. The number of hydrogen-bond donors (Lipinski definition) is 3. The smallest absolute Gasteiger partial charge is 0.312 e. The van der Waals surface area contributed by atoms with Gasteiger partial charge in [0.05, 0.1) is 0 Å². The van der Waals surface area contributed by atoms with E-state index in [4.69, 9.17) is 5.73 Å². The summed E-state index contributed by atoms with van der Waals surface area (Å²) in [7, 11) is -2.77.